The highest BCUT2D eigenvalue weighted by Gasteiger charge is 2.27. The van der Waals surface area contributed by atoms with Gasteiger partial charge in [0.05, 0.1) is 5.69 Å². The molecule has 88 valence electrons. The normalized spacial score (nSPS) is 11.5. The van der Waals surface area contributed by atoms with Crippen LogP contribution in [0.3, 0.4) is 0 Å². The first-order valence-corrected chi connectivity index (χ1v) is 5.92. The van der Waals surface area contributed by atoms with Crippen LogP contribution in [0.15, 0.2) is 0 Å². The SMILES string of the molecule is Cc1nnc(-n2nnc(C#N)c2C(C)(C)C)s1. The predicted octanol–water partition coefficient (Wildman–Crippen LogP) is 1.60. The summed E-state index contributed by atoms with van der Waals surface area (Å²) in [6.45, 7) is 7.91. The quantitative estimate of drug-likeness (QED) is 0.765. The lowest BCUT2D eigenvalue weighted by Gasteiger charge is -2.18. The van der Waals surface area contributed by atoms with Gasteiger partial charge in [-0.1, -0.05) is 37.3 Å². The Morgan fingerprint density at radius 1 is 1.24 bits per heavy atom. The first-order chi connectivity index (χ1) is 7.93. The predicted molar refractivity (Wildman–Crippen MR) is 63.0 cm³/mol. The molecule has 2 aromatic rings. The standard InChI is InChI=1S/C10H12N6S/c1-6-12-14-9(17-6)16-8(10(2,3)4)7(5-11)13-15-16/h1-4H3. The fourth-order valence-corrected chi connectivity index (χ4v) is 2.18. The Morgan fingerprint density at radius 2 is 1.94 bits per heavy atom. The lowest BCUT2D eigenvalue weighted by Crippen LogP contribution is -2.18. The highest BCUT2D eigenvalue weighted by atomic mass is 32.1. The average molecular weight is 248 g/mol. The van der Waals surface area contributed by atoms with Gasteiger partial charge in [0, 0.05) is 5.41 Å². The third kappa shape index (κ3) is 2.03. The number of aromatic nitrogens is 5. The first-order valence-electron chi connectivity index (χ1n) is 5.10. The molecule has 0 unspecified atom stereocenters. The van der Waals surface area contributed by atoms with Gasteiger partial charge in [0.15, 0.2) is 5.69 Å². The topological polar surface area (TPSA) is 80.3 Å². The van der Waals surface area contributed by atoms with E-state index in [-0.39, 0.29) is 5.41 Å². The zero-order valence-corrected chi connectivity index (χ0v) is 10.9. The van der Waals surface area contributed by atoms with E-state index in [1.54, 1.807) is 4.68 Å². The van der Waals surface area contributed by atoms with E-state index < -0.39 is 0 Å². The van der Waals surface area contributed by atoms with Crippen LogP contribution in [0.25, 0.3) is 5.13 Å². The molecule has 0 saturated carbocycles. The Kier molecular flexibility index (Phi) is 2.67. The molecule has 0 bridgehead atoms. The maximum absolute atomic E-state index is 9.05. The molecule has 0 N–H and O–H groups in total. The highest BCUT2D eigenvalue weighted by Crippen LogP contribution is 2.27. The molecule has 0 aromatic carbocycles. The van der Waals surface area contributed by atoms with Gasteiger partial charge < -0.3 is 0 Å². The van der Waals surface area contributed by atoms with Crippen LogP contribution in [-0.2, 0) is 5.41 Å². The first kappa shape index (κ1) is 11.7. The Hall–Kier alpha value is -1.81. The van der Waals surface area contributed by atoms with Crippen molar-refractivity contribution in [1.82, 2.24) is 25.2 Å². The van der Waals surface area contributed by atoms with Crippen LogP contribution in [0.4, 0.5) is 0 Å². The van der Waals surface area contributed by atoms with E-state index in [0.29, 0.717) is 10.8 Å². The maximum atomic E-state index is 9.05. The fourth-order valence-electron chi connectivity index (χ4n) is 1.54. The van der Waals surface area contributed by atoms with Crippen LogP contribution >= 0.6 is 11.3 Å². The smallest absolute Gasteiger partial charge is 0.191 e. The van der Waals surface area contributed by atoms with E-state index in [0.717, 1.165) is 10.7 Å². The molecular formula is C10H12N6S. The Bertz CT molecular complexity index is 583. The number of rotatable bonds is 1. The van der Waals surface area contributed by atoms with Gasteiger partial charge in [-0.15, -0.1) is 15.3 Å². The second-order valence-corrected chi connectivity index (χ2v) is 5.82. The molecule has 17 heavy (non-hydrogen) atoms. The van der Waals surface area contributed by atoms with Crippen molar-refractivity contribution in [2.45, 2.75) is 33.1 Å². The van der Waals surface area contributed by atoms with Gasteiger partial charge >= 0.3 is 0 Å². The molecule has 0 atom stereocenters. The van der Waals surface area contributed by atoms with Gasteiger partial charge in [0.2, 0.25) is 5.13 Å². The van der Waals surface area contributed by atoms with E-state index in [4.69, 9.17) is 5.26 Å². The maximum Gasteiger partial charge on any atom is 0.234 e. The van der Waals surface area contributed by atoms with Crippen molar-refractivity contribution >= 4 is 11.3 Å². The zero-order valence-electron chi connectivity index (χ0n) is 10.1. The minimum Gasteiger partial charge on any atom is -0.191 e. The third-order valence-electron chi connectivity index (χ3n) is 2.18. The van der Waals surface area contributed by atoms with Crippen LogP contribution < -0.4 is 0 Å². The molecule has 0 amide bonds. The van der Waals surface area contributed by atoms with Crippen molar-refractivity contribution in [3.63, 3.8) is 0 Å². The summed E-state index contributed by atoms with van der Waals surface area (Å²) in [6, 6.07) is 2.06. The van der Waals surface area contributed by atoms with Crippen molar-refractivity contribution in [2.75, 3.05) is 0 Å². The van der Waals surface area contributed by atoms with Gasteiger partial charge in [-0.05, 0) is 6.92 Å². The molecule has 0 radical (unpaired) electrons. The van der Waals surface area contributed by atoms with Gasteiger partial charge in [0.25, 0.3) is 0 Å². The molecule has 0 aliphatic rings. The lowest BCUT2D eigenvalue weighted by atomic mass is 9.90. The van der Waals surface area contributed by atoms with Crippen molar-refractivity contribution in [1.29, 1.82) is 5.26 Å². The van der Waals surface area contributed by atoms with Crippen LogP contribution in [0.5, 0.6) is 0 Å². The Morgan fingerprint density at radius 3 is 2.41 bits per heavy atom. The molecule has 0 saturated heterocycles. The van der Waals surface area contributed by atoms with Crippen molar-refractivity contribution in [3.8, 4) is 11.2 Å². The summed E-state index contributed by atoms with van der Waals surface area (Å²) in [5.41, 5.74) is 0.871. The summed E-state index contributed by atoms with van der Waals surface area (Å²) in [4.78, 5) is 0. The van der Waals surface area contributed by atoms with Crippen LogP contribution in [0.1, 0.15) is 37.2 Å². The van der Waals surface area contributed by atoms with E-state index in [1.165, 1.54) is 11.3 Å². The number of hydrogen-bond donors (Lipinski definition) is 0. The van der Waals surface area contributed by atoms with Gasteiger partial charge in [-0.25, -0.2) is 0 Å². The zero-order chi connectivity index (χ0) is 12.6. The molecule has 2 heterocycles. The molecule has 7 heteroatoms. The van der Waals surface area contributed by atoms with Crippen LogP contribution in [-0.4, -0.2) is 25.2 Å². The number of aryl methyl sites for hydroxylation is 1. The number of hydrogen-bond acceptors (Lipinski definition) is 6. The van der Waals surface area contributed by atoms with Crippen LogP contribution in [0, 0.1) is 18.3 Å². The summed E-state index contributed by atoms with van der Waals surface area (Å²) < 4.78 is 1.60. The molecule has 2 aromatic heterocycles. The van der Waals surface area contributed by atoms with Gasteiger partial charge in [-0.3, -0.25) is 0 Å². The minimum atomic E-state index is -0.228. The number of nitrogens with zero attached hydrogens (tertiary/aromatic N) is 6. The molecule has 6 nitrogen and oxygen atoms in total. The van der Waals surface area contributed by atoms with Crippen molar-refractivity contribution < 1.29 is 0 Å². The second kappa shape index (κ2) is 3.89. The molecular weight excluding hydrogens is 236 g/mol. The fraction of sp³-hybridized carbons (Fsp3) is 0.500. The number of nitriles is 1. The molecule has 0 fully saturated rings. The summed E-state index contributed by atoms with van der Waals surface area (Å²) in [5.74, 6) is 0. The van der Waals surface area contributed by atoms with Gasteiger partial charge in [0.1, 0.15) is 11.1 Å². The van der Waals surface area contributed by atoms with Crippen molar-refractivity contribution in [3.05, 3.63) is 16.4 Å². The summed E-state index contributed by atoms with van der Waals surface area (Å²) in [5, 5.41) is 26.4. The van der Waals surface area contributed by atoms with E-state index in [1.807, 2.05) is 27.7 Å². The molecule has 2 rings (SSSR count). The summed E-state index contributed by atoms with van der Waals surface area (Å²) in [7, 11) is 0. The largest absolute Gasteiger partial charge is 0.234 e. The van der Waals surface area contributed by atoms with E-state index >= 15 is 0 Å². The minimum absolute atomic E-state index is 0.228. The Balaban J connectivity index is 2.64. The lowest BCUT2D eigenvalue weighted by molar-refractivity contribution is 0.540. The Labute approximate surface area is 103 Å². The van der Waals surface area contributed by atoms with Crippen molar-refractivity contribution in [2.24, 2.45) is 0 Å². The third-order valence-corrected chi connectivity index (χ3v) is 3.00. The summed E-state index contributed by atoms with van der Waals surface area (Å²) in [6.07, 6.45) is 0. The second-order valence-electron chi connectivity index (χ2n) is 4.66. The monoisotopic (exact) mass is 248 g/mol. The van der Waals surface area contributed by atoms with Crippen LogP contribution in [0.2, 0.25) is 0 Å². The highest BCUT2D eigenvalue weighted by molar-refractivity contribution is 7.13. The average Bonchev–Trinajstić information content (AvgIpc) is 2.81. The van der Waals surface area contributed by atoms with E-state index in [9.17, 15) is 0 Å². The molecule has 0 aliphatic heterocycles. The molecule has 0 spiro atoms. The van der Waals surface area contributed by atoms with E-state index in [2.05, 4.69) is 26.6 Å². The van der Waals surface area contributed by atoms with Gasteiger partial charge in [-0.2, -0.15) is 9.94 Å². The molecule has 0 aliphatic carbocycles. The summed E-state index contributed by atoms with van der Waals surface area (Å²) >= 11 is 1.42.